The molecule has 0 spiro atoms. The summed E-state index contributed by atoms with van der Waals surface area (Å²) in [4.78, 5) is 12.7. The lowest BCUT2D eigenvalue weighted by Gasteiger charge is -2.37. The molecule has 3 atom stereocenters. The van der Waals surface area contributed by atoms with Crippen LogP contribution in [0.2, 0.25) is 0 Å². The quantitative estimate of drug-likeness (QED) is 0.208. The fraction of sp³-hybridized carbons (Fsp3) is 0.364. The van der Waals surface area contributed by atoms with Crippen molar-refractivity contribution in [3.8, 4) is 5.75 Å². The minimum Gasteiger partial charge on any atom is -0.508 e. The van der Waals surface area contributed by atoms with E-state index in [1.54, 1.807) is 18.2 Å². The summed E-state index contributed by atoms with van der Waals surface area (Å²) in [6.07, 6.45) is 2.24. The molecule has 1 aliphatic rings. The molecular formula is C22H30N6O2. The summed E-state index contributed by atoms with van der Waals surface area (Å²) in [6.45, 7) is 0.406. The molecule has 0 aromatic heterocycles. The minimum absolute atomic E-state index is 0.0201. The van der Waals surface area contributed by atoms with Gasteiger partial charge in [0.15, 0.2) is 0 Å². The third-order valence-corrected chi connectivity index (χ3v) is 5.57. The van der Waals surface area contributed by atoms with Gasteiger partial charge in [-0.25, -0.2) is 0 Å². The molecule has 30 heavy (non-hydrogen) atoms. The SMILES string of the molecule is CNC1CCC(c2cc(N)cc(O)c2)C(CC(=O)NCc2ccc(C(=N)N)cc2)N1. The highest BCUT2D eigenvalue weighted by Crippen LogP contribution is 2.34. The molecule has 0 saturated carbocycles. The highest BCUT2D eigenvalue weighted by Gasteiger charge is 2.32. The number of nitrogens with two attached hydrogens (primary N) is 2. The maximum Gasteiger partial charge on any atom is 0.221 e. The van der Waals surface area contributed by atoms with E-state index in [2.05, 4.69) is 16.0 Å². The first-order valence-corrected chi connectivity index (χ1v) is 10.1. The second kappa shape index (κ2) is 9.60. The molecule has 8 heteroatoms. The zero-order chi connectivity index (χ0) is 21.7. The van der Waals surface area contributed by atoms with Gasteiger partial charge in [0.25, 0.3) is 0 Å². The minimum atomic E-state index is -0.0857. The Bertz CT molecular complexity index is 879. The maximum absolute atomic E-state index is 12.7. The Kier molecular flexibility index (Phi) is 6.91. The van der Waals surface area contributed by atoms with Gasteiger partial charge in [0.2, 0.25) is 5.91 Å². The summed E-state index contributed by atoms with van der Waals surface area (Å²) in [7, 11) is 1.90. The van der Waals surface area contributed by atoms with Gasteiger partial charge in [-0.1, -0.05) is 24.3 Å². The molecule has 160 valence electrons. The summed E-state index contributed by atoms with van der Waals surface area (Å²) < 4.78 is 0. The summed E-state index contributed by atoms with van der Waals surface area (Å²) in [5.74, 6) is 0.173. The van der Waals surface area contributed by atoms with Gasteiger partial charge < -0.3 is 27.2 Å². The van der Waals surface area contributed by atoms with E-state index >= 15 is 0 Å². The number of rotatable bonds is 7. The van der Waals surface area contributed by atoms with E-state index in [9.17, 15) is 9.90 Å². The van der Waals surface area contributed by atoms with Crippen LogP contribution in [0, 0.1) is 5.41 Å². The number of amidine groups is 1. The Morgan fingerprint density at radius 2 is 1.97 bits per heavy atom. The number of nitrogen functional groups attached to an aromatic ring is 2. The van der Waals surface area contributed by atoms with Crippen molar-refractivity contribution in [1.82, 2.24) is 16.0 Å². The molecule has 1 fully saturated rings. The predicted molar refractivity (Wildman–Crippen MR) is 118 cm³/mol. The number of aromatic hydroxyl groups is 1. The van der Waals surface area contributed by atoms with Crippen LogP contribution < -0.4 is 27.4 Å². The first-order valence-electron chi connectivity index (χ1n) is 10.1. The van der Waals surface area contributed by atoms with Crippen LogP contribution in [0.1, 0.15) is 41.9 Å². The van der Waals surface area contributed by atoms with Gasteiger partial charge in [-0.15, -0.1) is 0 Å². The topological polar surface area (TPSA) is 149 Å². The van der Waals surface area contributed by atoms with Crippen LogP contribution in [0.4, 0.5) is 5.69 Å². The highest BCUT2D eigenvalue weighted by atomic mass is 16.3. The second-order valence-corrected chi connectivity index (χ2v) is 7.75. The van der Waals surface area contributed by atoms with Gasteiger partial charge in [0, 0.05) is 42.2 Å². The van der Waals surface area contributed by atoms with Gasteiger partial charge in [0.05, 0.1) is 6.17 Å². The van der Waals surface area contributed by atoms with Crippen molar-refractivity contribution in [2.24, 2.45) is 5.73 Å². The molecule has 9 N–H and O–H groups in total. The van der Waals surface area contributed by atoms with Crippen molar-refractivity contribution in [1.29, 1.82) is 5.41 Å². The molecule has 0 bridgehead atoms. The van der Waals surface area contributed by atoms with Gasteiger partial charge >= 0.3 is 0 Å². The van der Waals surface area contributed by atoms with Crippen molar-refractivity contribution in [3.05, 3.63) is 59.2 Å². The number of amides is 1. The first-order chi connectivity index (χ1) is 14.4. The van der Waals surface area contributed by atoms with Crippen LogP contribution in [0.5, 0.6) is 5.75 Å². The van der Waals surface area contributed by atoms with Gasteiger partial charge in [-0.05, 0) is 43.1 Å². The Morgan fingerprint density at radius 3 is 2.60 bits per heavy atom. The predicted octanol–water partition coefficient (Wildman–Crippen LogP) is 1.35. The van der Waals surface area contributed by atoms with E-state index in [1.807, 2.05) is 25.2 Å². The van der Waals surface area contributed by atoms with Gasteiger partial charge in [-0.3, -0.25) is 15.5 Å². The Balaban J connectivity index is 1.65. The monoisotopic (exact) mass is 410 g/mol. The fourth-order valence-corrected chi connectivity index (χ4v) is 3.98. The number of hydrogen-bond donors (Lipinski definition) is 7. The van der Waals surface area contributed by atoms with Crippen LogP contribution in [0.3, 0.4) is 0 Å². The number of carbonyl (C=O) groups is 1. The van der Waals surface area contributed by atoms with Crippen molar-refractivity contribution in [3.63, 3.8) is 0 Å². The number of hydrogen-bond acceptors (Lipinski definition) is 6. The molecule has 0 aliphatic carbocycles. The van der Waals surface area contributed by atoms with Crippen molar-refractivity contribution in [2.45, 2.75) is 43.9 Å². The molecular weight excluding hydrogens is 380 g/mol. The van der Waals surface area contributed by atoms with Crippen molar-refractivity contribution in [2.75, 3.05) is 12.8 Å². The zero-order valence-corrected chi connectivity index (χ0v) is 17.1. The standard InChI is InChI=1S/C22H30N6O2/c1-26-20-7-6-18(15-8-16(23)10-17(29)9-15)19(28-20)11-21(30)27-12-13-2-4-14(5-3-13)22(24)25/h2-5,8-10,18-20,26,28-29H,6-7,11-12,23H2,1H3,(H3,24,25)(H,27,30). The lowest BCUT2D eigenvalue weighted by molar-refractivity contribution is -0.122. The fourth-order valence-electron chi connectivity index (χ4n) is 3.98. The third kappa shape index (κ3) is 5.49. The summed E-state index contributed by atoms with van der Waals surface area (Å²) in [5, 5.41) is 27.1. The number of benzene rings is 2. The van der Waals surface area contributed by atoms with Crippen LogP contribution in [0.15, 0.2) is 42.5 Å². The second-order valence-electron chi connectivity index (χ2n) is 7.75. The third-order valence-electron chi connectivity index (χ3n) is 5.57. The van der Waals surface area contributed by atoms with E-state index in [1.165, 1.54) is 6.07 Å². The number of phenols is 1. The molecule has 1 heterocycles. The smallest absolute Gasteiger partial charge is 0.221 e. The molecule has 1 aliphatic heterocycles. The number of anilines is 1. The number of carbonyl (C=O) groups excluding carboxylic acids is 1. The Labute approximate surface area is 176 Å². The average molecular weight is 411 g/mol. The molecule has 2 aromatic rings. The molecule has 3 rings (SSSR count). The number of piperidine rings is 1. The summed E-state index contributed by atoms with van der Waals surface area (Å²) >= 11 is 0. The van der Waals surface area contributed by atoms with Gasteiger partial charge in [0.1, 0.15) is 11.6 Å². The van der Waals surface area contributed by atoms with E-state index in [4.69, 9.17) is 16.9 Å². The van der Waals surface area contributed by atoms with Gasteiger partial charge in [-0.2, -0.15) is 0 Å². The molecule has 1 amide bonds. The average Bonchev–Trinajstić information content (AvgIpc) is 2.71. The summed E-state index contributed by atoms with van der Waals surface area (Å²) in [6, 6.07) is 12.3. The van der Waals surface area contributed by atoms with E-state index in [-0.39, 0.29) is 35.6 Å². The highest BCUT2D eigenvalue weighted by molar-refractivity contribution is 5.94. The normalized spacial score (nSPS) is 21.2. The first kappa shape index (κ1) is 21.6. The van der Waals surface area contributed by atoms with Crippen LogP contribution >= 0.6 is 0 Å². The zero-order valence-electron chi connectivity index (χ0n) is 17.1. The van der Waals surface area contributed by atoms with E-state index in [0.717, 1.165) is 24.0 Å². The lowest BCUT2D eigenvalue weighted by Crippen LogP contribution is -2.53. The maximum atomic E-state index is 12.7. The largest absolute Gasteiger partial charge is 0.508 e. The summed E-state index contributed by atoms with van der Waals surface area (Å²) in [5.41, 5.74) is 14.4. The number of phenolic OH excluding ortho intramolecular Hbond substituents is 1. The Morgan fingerprint density at radius 1 is 1.23 bits per heavy atom. The molecule has 1 saturated heterocycles. The van der Waals surface area contributed by atoms with Crippen LogP contribution in [0.25, 0.3) is 0 Å². The van der Waals surface area contributed by atoms with Crippen LogP contribution in [-0.4, -0.2) is 36.1 Å². The number of nitrogens with one attached hydrogen (secondary N) is 4. The molecule has 0 radical (unpaired) electrons. The molecule has 8 nitrogen and oxygen atoms in total. The molecule has 3 unspecified atom stereocenters. The van der Waals surface area contributed by atoms with E-state index < -0.39 is 0 Å². The van der Waals surface area contributed by atoms with Crippen molar-refractivity contribution >= 4 is 17.4 Å². The van der Waals surface area contributed by atoms with Crippen LogP contribution in [-0.2, 0) is 11.3 Å². The molecule has 2 aromatic carbocycles. The van der Waals surface area contributed by atoms with E-state index in [0.29, 0.717) is 24.2 Å². The van der Waals surface area contributed by atoms with Crippen molar-refractivity contribution < 1.29 is 9.90 Å². The lowest BCUT2D eigenvalue weighted by atomic mass is 9.82. The Hall–Kier alpha value is -3.10.